The van der Waals surface area contributed by atoms with Crippen LogP contribution in [0.3, 0.4) is 0 Å². The van der Waals surface area contributed by atoms with Crippen LogP contribution in [-0.4, -0.2) is 25.9 Å². The van der Waals surface area contributed by atoms with Crippen molar-refractivity contribution in [3.63, 3.8) is 0 Å². The van der Waals surface area contributed by atoms with E-state index in [2.05, 4.69) is 5.32 Å². The number of carbonyl (C=O) groups is 1. The van der Waals surface area contributed by atoms with E-state index in [1.807, 2.05) is 37.3 Å². The first-order chi connectivity index (χ1) is 11.5. The van der Waals surface area contributed by atoms with Crippen molar-refractivity contribution in [2.45, 2.75) is 18.2 Å². The number of ether oxygens (including phenoxy) is 2. The Balaban J connectivity index is 0.00000312. The van der Waals surface area contributed by atoms with Gasteiger partial charge in [-0.05, 0) is 42.8 Å². The molecule has 136 valence electrons. The summed E-state index contributed by atoms with van der Waals surface area (Å²) >= 11 is 1.59. The Hall–Kier alpha value is -2.05. The number of hydrogen-bond acceptors (Lipinski definition) is 5. The van der Waals surface area contributed by atoms with Crippen LogP contribution in [0.5, 0.6) is 11.5 Å². The van der Waals surface area contributed by atoms with Crippen molar-refractivity contribution in [1.82, 2.24) is 0 Å². The van der Waals surface area contributed by atoms with Gasteiger partial charge in [0.05, 0.1) is 14.2 Å². The maximum Gasteiger partial charge on any atom is 0.225 e. The van der Waals surface area contributed by atoms with Crippen LogP contribution >= 0.6 is 24.2 Å². The Morgan fingerprint density at radius 2 is 1.84 bits per heavy atom. The zero-order valence-electron chi connectivity index (χ0n) is 14.5. The molecule has 3 N–H and O–H groups in total. The Bertz CT molecular complexity index is 725. The van der Waals surface area contributed by atoms with Crippen molar-refractivity contribution >= 4 is 41.5 Å². The quantitative estimate of drug-likeness (QED) is 0.556. The number of halogens is 1. The first-order valence-corrected chi connectivity index (χ1v) is 8.53. The van der Waals surface area contributed by atoms with E-state index in [0.717, 1.165) is 16.1 Å². The summed E-state index contributed by atoms with van der Waals surface area (Å²) in [4.78, 5) is 13.1. The lowest BCUT2D eigenvalue weighted by atomic mass is 10.2. The zero-order valence-corrected chi connectivity index (χ0v) is 16.1. The molecule has 2 aromatic carbocycles. The Morgan fingerprint density at radius 3 is 2.52 bits per heavy atom. The lowest BCUT2D eigenvalue weighted by Gasteiger charge is -2.10. The minimum Gasteiger partial charge on any atom is -0.493 e. The fourth-order valence-electron chi connectivity index (χ4n) is 2.15. The summed E-state index contributed by atoms with van der Waals surface area (Å²) < 4.78 is 10.5. The maximum absolute atomic E-state index is 12.1. The number of rotatable bonds is 7. The predicted molar refractivity (Wildman–Crippen MR) is 106 cm³/mol. The zero-order chi connectivity index (χ0) is 17.5. The molecule has 0 aliphatic heterocycles. The molecular weight excluding hydrogens is 360 g/mol. The number of anilines is 2. The van der Waals surface area contributed by atoms with Gasteiger partial charge in [0.25, 0.3) is 0 Å². The van der Waals surface area contributed by atoms with Crippen LogP contribution in [-0.2, 0) is 4.79 Å². The summed E-state index contributed by atoms with van der Waals surface area (Å²) in [5.74, 6) is 2.01. The van der Waals surface area contributed by atoms with Crippen LogP contribution < -0.4 is 20.5 Å². The second kappa shape index (κ2) is 10.1. The van der Waals surface area contributed by atoms with Gasteiger partial charge in [-0.1, -0.05) is 6.07 Å². The van der Waals surface area contributed by atoms with Gasteiger partial charge in [0, 0.05) is 28.4 Å². The van der Waals surface area contributed by atoms with Crippen LogP contribution in [0.25, 0.3) is 0 Å². The van der Waals surface area contributed by atoms with Gasteiger partial charge >= 0.3 is 0 Å². The van der Waals surface area contributed by atoms with E-state index < -0.39 is 0 Å². The van der Waals surface area contributed by atoms with Crippen molar-refractivity contribution in [2.75, 3.05) is 31.0 Å². The van der Waals surface area contributed by atoms with Gasteiger partial charge in [0.1, 0.15) is 0 Å². The highest BCUT2D eigenvalue weighted by Gasteiger charge is 2.08. The number of carbonyl (C=O) groups excluding carboxylic acids is 1. The number of nitrogen functional groups attached to an aromatic ring is 1. The first-order valence-electron chi connectivity index (χ1n) is 7.54. The molecule has 0 aromatic heterocycles. The second-order valence-electron chi connectivity index (χ2n) is 5.24. The summed E-state index contributed by atoms with van der Waals surface area (Å²) in [7, 11) is 3.21. The molecule has 0 radical (unpaired) electrons. The van der Waals surface area contributed by atoms with Gasteiger partial charge in [-0.15, -0.1) is 24.2 Å². The molecule has 0 atom stereocenters. The van der Waals surface area contributed by atoms with E-state index in [1.165, 1.54) is 0 Å². The molecule has 0 aliphatic carbocycles. The predicted octanol–water partition coefficient (Wildman–Crippen LogP) is 4.14. The minimum absolute atomic E-state index is 0. The molecule has 0 spiro atoms. The van der Waals surface area contributed by atoms with Crippen molar-refractivity contribution in [3.05, 3.63) is 42.0 Å². The lowest BCUT2D eigenvalue weighted by Crippen LogP contribution is -2.13. The highest BCUT2D eigenvalue weighted by Crippen LogP contribution is 2.32. The molecule has 1 amide bonds. The van der Waals surface area contributed by atoms with Gasteiger partial charge in [-0.3, -0.25) is 4.79 Å². The molecule has 5 nitrogen and oxygen atoms in total. The van der Waals surface area contributed by atoms with E-state index in [-0.39, 0.29) is 18.3 Å². The largest absolute Gasteiger partial charge is 0.493 e. The van der Waals surface area contributed by atoms with Crippen molar-refractivity contribution < 1.29 is 14.3 Å². The third-order valence-electron chi connectivity index (χ3n) is 3.49. The van der Waals surface area contributed by atoms with Crippen molar-refractivity contribution in [2.24, 2.45) is 0 Å². The highest BCUT2D eigenvalue weighted by atomic mass is 35.5. The lowest BCUT2D eigenvalue weighted by molar-refractivity contribution is -0.115. The summed E-state index contributed by atoms with van der Waals surface area (Å²) in [5, 5.41) is 2.90. The van der Waals surface area contributed by atoms with E-state index in [4.69, 9.17) is 15.2 Å². The van der Waals surface area contributed by atoms with Crippen LogP contribution in [0.15, 0.2) is 41.3 Å². The third kappa shape index (κ3) is 6.07. The number of aryl methyl sites for hydroxylation is 1. The smallest absolute Gasteiger partial charge is 0.225 e. The van der Waals surface area contributed by atoms with E-state index in [1.54, 1.807) is 32.0 Å². The average Bonchev–Trinajstić information content (AvgIpc) is 2.58. The fourth-order valence-corrected chi connectivity index (χ4v) is 3.03. The summed E-state index contributed by atoms with van der Waals surface area (Å²) in [6.07, 6.45) is 0.410. The molecule has 7 heteroatoms. The molecule has 0 heterocycles. The molecule has 0 aliphatic rings. The summed E-state index contributed by atoms with van der Waals surface area (Å²) in [5.41, 5.74) is 8.14. The molecule has 0 saturated carbocycles. The SMILES string of the molecule is COc1ccc(SCCC(=O)Nc2cc(N)ccc2C)cc1OC.Cl. The molecule has 0 bridgehead atoms. The third-order valence-corrected chi connectivity index (χ3v) is 4.48. The number of methoxy groups -OCH3 is 2. The number of benzene rings is 2. The van der Waals surface area contributed by atoms with Gasteiger partial charge < -0.3 is 20.5 Å². The van der Waals surface area contributed by atoms with Crippen LogP contribution in [0.4, 0.5) is 11.4 Å². The summed E-state index contributed by atoms with van der Waals surface area (Å²) in [6, 6.07) is 11.2. The Morgan fingerprint density at radius 1 is 1.12 bits per heavy atom. The number of thioether (sulfide) groups is 1. The molecule has 0 fully saturated rings. The molecule has 0 unspecified atom stereocenters. The Labute approximate surface area is 158 Å². The topological polar surface area (TPSA) is 73.6 Å². The fraction of sp³-hybridized carbons (Fsp3) is 0.278. The molecule has 0 saturated heterocycles. The first kappa shape index (κ1) is 21.0. The normalized spacial score (nSPS) is 9.88. The molecule has 2 rings (SSSR count). The van der Waals surface area contributed by atoms with Crippen LogP contribution in [0.2, 0.25) is 0 Å². The number of hydrogen-bond donors (Lipinski definition) is 2. The standard InChI is InChI=1S/C18H22N2O3S.ClH/c1-12-4-5-13(19)10-15(12)20-18(21)8-9-24-14-6-7-16(22-2)17(11-14)23-3;/h4-7,10-11H,8-9,19H2,1-3H3,(H,20,21);1H. The minimum atomic E-state index is -0.0309. The van der Waals surface area contributed by atoms with Crippen molar-refractivity contribution in [1.29, 1.82) is 0 Å². The number of nitrogens with two attached hydrogens (primary N) is 1. The summed E-state index contributed by atoms with van der Waals surface area (Å²) in [6.45, 7) is 1.94. The molecule has 25 heavy (non-hydrogen) atoms. The average molecular weight is 383 g/mol. The van der Waals surface area contributed by atoms with Gasteiger partial charge in [-0.2, -0.15) is 0 Å². The molecule has 2 aromatic rings. The van der Waals surface area contributed by atoms with E-state index >= 15 is 0 Å². The van der Waals surface area contributed by atoms with E-state index in [0.29, 0.717) is 29.4 Å². The highest BCUT2D eigenvalue weighted by molar-refractivity contribution is 7.99. The van der Waals surface area contributed by atoms with Crippen molar-refractivity contribution in [3.8, 4) is 11.5 Å². The van der Waals surface area contributed by atoms with E-state index in [9.17, 15) is 4.79 Å². The van der Waals surface area contributed by atoms with Gasteiger partial charge in [0.15, 0.2) is 11.5 Å². The van der Waals surface area contributed by atoms with Gasteiger partial charge in [0.2, 0.25) is 5.91 Å². The van der Waals surface area contributed by atoms with Crippen LogP contribution in [0.1, 0.15) is 12.0 Å². The van der Waals surface area contributed by atoms with Gasteiger partial charge in [-0.25, -0.2) is 0 Å². The number of amides is 1. The number of nitrogens with one attached hydrogen (secondary N) is 1. The monoisotopic (exact) mass is 382 g/mol. The molecular formula is C18H23ClN2O3S. The van der Waals surface area contributed by atoms with Crippen LogP contribution in [0, 0.1) is 6.92 Å². The Kier molecular flexibility index (Phi) is 8.45. The second-order valence-corrected chi connectivity index (χ2v) is 6.41. The maximum atomic E-state index is 12.1.